The van der Waals surface area contributed by atoms with E-state index >= 15 is 0 Å². The fourth-order valence-electron chi connectivity index (χ4n) is 1.45. The average molecular weight is 254 g/mol. The lowest BCUT2D eigenvalue weighted by molar-refractivity contribution is -0.385. The van der Waals surface area contributed by atoms with Crippen molar-refractivity contribution in [1.29, 1.82) is 0 Å². The molecule has 1 aromatic rings. The van der Waals surface area contributed by atoms with Gasteiger partial charge in [0.2, 0.25) is 0 Å². The fraction of sp³-hybridized carbons (Fsp3) is 0.364. The monoisotopic (exact) mass is 254 g/mol. The van der Waals surface area contributed by atoms with Crippen molar-refractivity contribution in [2.75, 3.05) is 18.6 Å². The lowest BCUT2D eigenvalue weighted by Crippen LogP contribution is -2.31. The van der Waals surface area contributed by atoms with Gasteiger partial charge in [0.15, 0.2) is 0 Å². The lowest BCUT2D eigenvalue weighted by atomic mass is 10.1. The van der Waals surface area contributed by atoms with Gasteiger partial charge in [0.25, 0.3) is 5.69 Å². The number of aromatic carboxylic acids is 1. The summed E-state index contributed by atoms with van der Waals surface area (Å²) in [5, 5.41) is 28.7. The number of aliphatic hydroxyl groups excluding tert-OH is 1. The fourth-order valence-corrected chi connectivity index (χ4v) is 1.45. The van der Waals surface area contributed by atoms with Gasteiger partial charge in [-0.2, -0.15) is 0 Å². The van der Waals surface area contributed by atoms with Crippen LogP contribution in [0.2, 0.25) is 0 Å². The summed E-state index contributed by atoms with van der Waals surface area (Å²) in [5.41, 5.74) is -0.334. The van der Waals surface area contributed by atoms with Crippen LogP contribution in [0.25, 0.3) is 0 Å². The molecule has 0 saturated carbocycles. The summed E-state index contributed by atoms with van der Waals surface area (Å²) in [4.78, 5) is 22.6. The minimum Gasteiger partial charge on any atom is -0.477 e. The third kappa shape index (κ3) is 2.75. The zero-order valence-electron chi connectivity index (χ0n) is 10.0. The Bertz CT molecular complexity index is 475. The first-order valence-corrected chi connectivity index (χ1v) is 5.24. The van der Waals surface area contributed by atoms with Gasteiger partial charge in [0, 0.05) is 24.8 Å². The van der Waals surface area contributed by atoms with Crippen molar-refractivity contribution in [3.05, 3.63) is 33.9 Å². The molecule has 0 heterocycles. The third-order valence-electron chi connectivity index (χ3n) is 2.74. The van der Waals surface area contributed by atoms with E-state index in [-0.39, 0.29) is 18.2 Å². The maximum Gasteiger partial charge on any atom is 0.342 e. The summed E-state index contributed by atoms with van der Waals surface area (Å²) in [7, 11) is 1.67. The number of anilines is 1. The number of nitro groups is 1. The van der Waals surface area contributed by atoms with Crippen LogP contribution in [0.1, 0.15) is 17.3 Å². The quantitative estimate of drug-likeness (QED) is 0.602. The van der Waals surface area contributed by atoms with Crippen LogP contribution in [0.4, 0.5) is 11.4 Å². The van der Waals surface area contributed by atoms with E-state index in [1.807, 2.05) is 0 Å². The zero-order chi connectivity index (χ0) is 13.9. The van der Waals surface area contributed by atoms with Gasteiger partial charge in [-0.05, 0) is 19.1 Å². The van der Waals surface area contributed by atoms with Crippen molar-refractivity contribution in [1.82, 2.24) is 0 Å². The number of aliphatic hydroxyl groups is 1. The van der Waals surface area contributed by atoms with Gasteiger partial charge in [-0.3, -0.25) is 10.1 Å². The molecule has 1 atom stereocenters. The highest BCUT2D eigenvalue weighted by Gasteiger charge is 2.21. The van der Waals surface area contributed by atoms with Gasteiger partial charge < -0.3 is 15.1 Å². The first-order valence-electron chi connectivity index (χ1n) is 5.24. The van der Waals surface area contributed by atoms with E-state index in [2.05, 4.69) is 0 Å². The van der Waals surface area contributed by atoms with Gasteiger partial charge >= 0.3 is 5.97 Å². The van der Waals surface area contributed by atoms with Crippen LogP contribution in [0, 0.1) is 10.1 Å². The number of hydrogen-bond donors (Lipinski definition) is 2. The molecule has 18 heavy (non-hydrogen) atoms. The van der Waals surface area contributed by atoms with E-state index < -0.39 is 16.6 Å². The Kier molecular flexibility index (Phi) is 4.22. The molecule has 0 aliphatic rings. The Labute approximate surface area is 103 Å². The van der Waals surface area contributed by atoms with Gasteiger partial charge in [0.05, 0.1) is 11.5 Å². The summed E-state index contributed by atoms with van der Waals surface area (Å²) >= 11 is 0. The molecule has 1 rings (SSSR count). The number of rotatable bonds is 5. The summed E-state index contributed by atoms with van der Waals surface area (Å²) in [6.45, 7) is 1.64. The summed E-state index contributed by atoms with van der Waals surface area (Å²) < 4.78 is 0. The molecule has 7 nitrogen and oxygen atoms in total. The molecule has 98 valence electrons. The van der Waals surface area contributed by atoms with Crippen LogP contribution in [0.15, 0.2) is 18.2 Å². The molecule has 0 aliphatic heterocycles. The smallest absolute Gasteiger partial charge is 0.342 e. The van der Waals surface area contributed by atoms with Crippen molar-refractivity contribution < 1.29 is 19.9 Å². The molecule has 1 unspecified atom stereocenters. The van der Waals surface area contributed by atoms with Gasteiger partial charge in [-0.25, -0.2) is 4.79 Å². The van der Waals surface area contributed by atoms with E-state index in [0.29, 0.717) is 5.69 Å². The Morgan fingerprint density at radius 2 is 2.17 bits per heavy atom. The molecular weight excluding hydrogens is 240 g/mol. The Balaban J connectivity index is 3.23. The van der Waals surface area contributed by atoms with E-state index in [4.69, 9.17) is 10.2 Å². The predicted octanol–water partition coefficient (Wildman–Crippen LogP) is 1.11. The van der Waals surface area contributed by atoms with Crippen LogP contribution in [-0.2, 0) is 0 Å². The maximum atomic E-state index is 10.8. The Morgan fingerprint density at radius 3 is 2.61 bits per heavy atom. The first kappa shape index (κ1) is 13.9. The molecule has 1 aromatic carbocycles. The molecule has 0 fully saturated rings. The van der Waals surface area contributed by atoms with Crippen molar-refractivity contribution >= 4 is 17.3 Å². The topological polar surface area (TPSA) is 104 Å². The molecule has 0 aromatic heterocycles. The molecule has 2 N–H and O–H groups in total. The van der Waals surface area contributed by atoms with Crippen molar-refractivity contribution in [2.45, 2.75) is 13.0 Å². The second kappa shape index (κ2) is 5.46. The van der Waals surface area contributed by atoms with E-state index in [0.717, 1.165) is 0 Å². The zero-order valence-corrected chi connectivity index (χ0v) is 10.0. The number of benzene rings is 1. The van der Waals surface area contributed by atoms with Crippen LogP contribution in [0.3, 0.4) is 0 Å². The number of carboxylic acid groups (broad SMARTS) is 1. The van der Waals surface area contributed by atoms with Crippen LogP contribution < -0.4 is 4.90 Å². The molecule has 7 heteroatoms. The van der Waals surface area contributed by atoms with E-state index in [1.54, 1.807) is 18.9 Å². The average Bonchev–Trinajstić information content (AvgIpc) is 2.35. The highest BCUT2D eigenvalue weighted by atomic mass is 16.6. The summed E-state index contributed by atoms with van der Waals surface area (Å²) in [6, 6.07) is 3.63. The normalized spacial score (nSPS) is 11.9. The van der Waals surface area contributed by atoms with Gasteiger partial charge in [-0.15, -0.1) is 0 Å². The van der Waals surface area contributed by atoms with Crippen LogP contribution in [-0.4, -0.2) is 40.8 Å². The maximum absolute atomic E-state index is 10.8. The number of nitro benzene ring substituents is 1. The lowest BCUT2D eigenvalue weighted by Gasteiger charge is -2.25. The van der Waals surface area contributed by atoms with E-state index in [1.165, 1.54) is 18.2 Å². The Morgan fingerprint density at radius 1 is 1.56 bits per heavy atom. The summed E-state index contributed by atoms with van der Waals surface area (Å²) in [5.74, 6) is -1.34. The van der Waals surface area contributed by atoms with Gasteiger partial charge in [0.1, 0.15) is 5.56 Å². The highest BCUT2D eigenvalue weighted by Crippen LogP contribution is 2.26. The minimum atomic E-state index is -1.34. The Hall–Kier alpha value is -2.15. The number of hydrogen-bond acceptors (Lipinski definition) is 5. The number of carboxylic acids is 1. The van der Waals surface area contributed by atoms with Crippen molar-refractivity contribution in [3.63, 3.8) is 0 Å². The van der Waals surface area contributed by atoms with Gasteiger partial charge in [-0.1, -0.05) is 0 Å². The standard InChI is InChI=1S/C11H14N2O5/c1-7(6-14)12(2)8-3-4-9(11(15)16)10(5-8)13(17)18/h3-5,7,14H,6H2,1-2H3,(H,15,16). The van der Waals surface area contributed by atoms with Crippen LogP contribution >= 0.6 is 0 Å². The van der Waals surface area contributed by atoms with E-state index in [9.17, 15) is 14.9 Å². The van der Waals surface area contributed by atoms with Crippen molar-refractivity contribution in [3.8, 4) is 0 Å². The largest absolute Gasteiger partial charge is 0.477 e. The number of nitrogens with zero attached hydrogens (tertiary/aromatic N) is 2. The molecular formula is C11H14N2O5. The SMILES string of the molecule is CC(CO)N(C)c1ccc(C(=O)O)c([N+](=O)[O-])c1. The molecule has 0 bridgehead atoms. The first-order chi connectivity index (χ1) is 8.38. The predicted molar refractivity (Wildman–Crippen MR) is 65.0 cm³/mol. The second-order valence-electron chi connectivity index (χ2n) is 3.91. The third-order valence-corrected chi connectivity index (χ3v) is 2.74. The highest BCUT2D eigenvalue weighted by molar-refractivity contribution is 5.93. The minimum absolute atomic E-state index is 0.106. The number of carbonyl (C=O) groups is 1. The molecule has 0 radical (unpaired) electrons. The molecule has 0 saturated heterocycles. The second-order valence-corrected chi connectivity index (χ2v) is 3.91. The molecule has 0 amide bonds. The van der Waals surface area contributed by atoms with Crippen molar-refractivity contribution in [2.24, 2.45) is 0 Å². The van der Waals surface area contributed by atoms with Crippen LogP contribution in [0.5, 0.6) is 0 Å². The molecule has 0 aliphatic carbocycles. The molecule has 0 spiro atoms. The number of likely N-dealkylation sites (N-methyl/N-ethyl adjacent to an activating group) is 1. The summed E-state index contributed by atoms with van der Waals surface area (Å²) in [6.07, 6.45) is 0.